The monoisotopic (exact) mass is 390 g/mol. The molecule has 5 unspecified atom stereocenters. The Morgan fingerprint density at radius 3 is 1.89 bits per heavy atom. The van der Waals surface area contributed by atoms with Crippen molar-refractivity contribution in [1.82, 2.24) is 16.0 Å². The smallest absolute Gasteiger partial charge is 0.326 e. The van der Waals surface area contributed by atoms with Crippen LogP contribution >= 0.6 is 0 Å². The van der Waals surface area contributed by atoms with E-state index in [9.17, 15) is 24.3 Å². The van der Waals surface area contributed by atoms with Crippen LogP contribution in [0.2, 0.25) is 0 Å². The Hall–Kier alpha value is -2.24. The number of carbonyl (C=O) groups is 4. The molecule has 0 heterocycles. The highest BCUT2D eigenvalue weighted by atomic mass is 16.4. The van der Waals surface area contributed by atoms with E-state index in [4.69, 9.17) is 15.9 Å². The number of nitrogens with two attached hydrogens (primary N) is 1. The van der Waals surface area contributed by atoms with Crippen LogP contribution in [0.25, 0.3) is 0 Å². The van der Waals surface area contributed by atoms with Gasteiger partial charge in [0.25, 0.3) is 0 Å². The van der Waals surface area contributed by atoms with Crippen LogP contribution in [-0.2, 0) is 19.2 Å². The third-order valence-corrected chi connectivity index (χ3v) is 3.67. The molecule has 0 fully saturated rings. The fourth-order valence-electron chi connectivity index (χ4n) is 2.11. The lowest BCUT2D eigenvalue weighted by atomic mass is 10.0. The van der Waals surface area contributed by atoms with E-state index in [2.05, 4.69) is 16.0 Å². The lowest BCUT2D eigenvalue weighted by molar-refractivity contribution is -0.142. The number of amides is 3. The summed E-state index contributed by atoms with van der Waals surface area (Å²) in [6, 6.07) is -4.90. The predicted molar refractivity (Wildman–Crippen MR) is 95.3 cm³/mol. The zero-order chi connectivity index (χ0) is 21.3. The molecule has 0 rings (SSSR count). The fraction of sp³-hybridized carbons (Fsp3) is 0.750. The number of nitrogens with one attached hydrogen (secondary N) is 3. The molecule has 0 radical (unpaired) electrons. The van der Waals surface area contributed by atoms with E-state index in [1.54, 1.807) is 13.8 Å². The first-order chi connectivity index (χ1) is 12.4. The van der Waals surface area contributed by atoms with Gasteiger partial charge >= 0.3 is 5.97 Å². The van der Waals surface area contributed by atoms with Gasteiger partial charge in [-0.15, -0.1) is 0 Å². The van der Waals surface area contributed by atoms with E-state index in [1.807, 2.05) is 0 Å². The summed E-state index contributed by atoms with van der Waals surface area (Å²) in [4.78, 5) is 47.3. The summed E-state index contributed by atoms with van der Waals surface area (Å²) < 4.78 is 0. The average molecular weight is 390 g/mol. The Morgan fingerprint density at radius 1 is 0.926 bits per heavy atom. The zero-order valence-electron chi connectivity index (χ0n) is 15.9. The number of carboxylic acid groups (broad SMARTS) is 1. The van der Waals surface area contributed by atoms with Crippen LogP contribution in [0.4, 0.5) is 0 Å². The summed E-state index contributed by atoms with van der Waals surface area (Å²) in [6.45, 7) is 5.55. The van der Waals surface area contributed by atoms with E-state index >= 15 is 0 Å². The van der Waals surface area contributed by atoms with Crippen molar-refractivity contribution in [2.75, 3.05) is 6.61 Å². The van der Waals surface area contributed by atoms with E-state index in [1.165, 1.54) is 13.8 Å². The van der Waals surface area contributed by atoms with Gasteiger partial charge in [0.2, 0.25) is 17.7 Å². The number of aliphatic carboxylic acids is 1. The second-order valence-electron chi connectivity index (χ2n) is 6.78. The molecule has 0 aliphatic carbocycles. The Balaban J connectivity index is 4.93. The van der Waals surface area contributed by atoms with Gasteiger partial charge in [0.15, 0.2) is 0 Å². The number of aliphatic hydroxyl groups is 2. The SMILES string of the molecule is CC(C)CC(NC(=O)C(C)NC(=O)C(NC(=O)C(N)CO)C(C)O)C(=O)O. The first-order valence-corrected chi connectivity index (χ1v) is 8.59. The number of hydrogen-bond acceptors (Lipinski definition) is 7. The minimum Gasteiger partial charge on any atom is -0.480 e. The predicted octanol–water partition coefficient (Wildman–Crippen LogP) is -2.71. The largest absolute Gasteiger partial charge is 0.480 e. The quantitative estimate of drug-likeness (QED) is 0.198. The average Bonchev–Trinajstić information content (AvgIpc) is 2.56. The van der Waals surface area contributed by atoms with E-state index < -0.39 is 60.6 Å². The van der Waals surface area contributed by atoms with Gasteiger partial charge in [0.1, 0.15) is 24.2 Å². The van der Waals surface area contributed by atoms with Gasteiger partial charge < -0.3 is 37.0 Å². The van der Waals surface area contributed by atoms with Crippen LogP contribution < -0.4 is 21.7 Å². The lowest BCUT2D eigenvalue weighted by Crippen LogP contribution is -2.59. The van der Waals surface area contributed by atoms with Crippen molar-refractivity contribution < 1.29 is 34.5 Å². The topological polar surface area (TPSA) is 191 Å². The summed E-state index contributed by atoms with van der Waals surface area (Å²) in [6.07, 6.45) is -1.09. The van der Waals surface area contributed by atoms with Crippen molar-refractivity contribution >= 4 is 23.7 Å². The number of aliphatic hydroxyl groups excluding tert-OH is 2. The minimum absolute atomic E-state index is 0.0295. The van der Waals surface area contributed by atoms with Gasteiger partial charge in [-0.25, -0.2) is 4.79 Å². The maximum Gasteiger partial charge on any atom is 0.326 e. The van der Waals surface area contributed by atoms with Gasteiger partial charge in [-0.3, -0.25) is 14.4 Å². The molecule has 156 valence electrons. The van der Waals surface area contributed by atoms with Gasteiger partial charge in [-0.05, 0) is 26.2 Å². The van der Waals surface area contributed by atoms with Crippen LogP contribution in [0, 0.1) is 5.92 Å². The van der Waals surface area contributed by atoms with Gasteiger partial charge in [0.05, 0.1) is 12.7 Å². The van der Waals surface area contributed by atoms with Crippen LogP contribution in [0.1, 0.15) is 34.1 Å². The molecule has 0 aliphatic rings. The van der Waals surface area contributed by atoms with Crippen LogP contribution in [-0.4, -0.2) is 75.9 Å². The molecule has 0 aromatic carbocycles. The summed E-state index contributed by atoms with van der Waals surface area (Å²) in [5.41, 5.74) is 5.34. The number of carboxylic acids is 1. The molecule has 3 amide bonds. The summed E-state index contributed by atoms with van der Waals surface area (Å²) in [7, 11) is 0. The van der Waals surface area contributed by atoms with Gasteiger partial charge in [-0.2, -0.15) is 0 Å². The fourth-order valence-corrected chi connectivity index (χ4v) is 2.11. The van der Waals surface area contributed by atoms with Crippen molar-refractivity contribution in [3.05, 3.63) is 0 Å². The molecule has 8 N–H and O–H groups in total. The second kappa shape index (κ2) is 11.5. The zero-order valence-corrected chi connectivity index (χ0v) is 15.9. The highest BCUT2D eigenvalue weighted by Gasteiger charge is 2.30. The Morgan fingerprint density at radius 2 is 1.48 bits per heavy atom. The van der Waals surface area contributed by atoms with Crippen molar-refractivity contribution in [3.63, 3.8) is 0 Å². The number of hydrogen-bond donors (Lipinski definition) is 7. The van der Waals surface area contributed by atoms with E-state index in [0.29, 0.717) is 0 Å². The molecule has 0 aromatic rings. The van der Waals surface area contributed by atoms with E-state index in [0.717, 1.165) is 0 Å². The third kappa shape index (κ3) is 8.80. The molecular formula is C16H30N4O7. The first-order valence-electron chi connectivity index (χ1n) is 8.59. The standard InChI is InChI=1S/C16H30N4O7/c1-7(2)5-11(16(26)27)19-13(23)8(3)18-15(25)12(9(4)22)20-14(24)10(17)6-21/h7-12,21-22H,5-6,17H2,1-4H3,(H,18,25)(H,19,23)(H,20,24)(H,26,27). The van der Waals surface area contributed by atoms with Crippen molar-refractivity contribution in [1.29, 1.82) is 0 Å². The Bertz CT molecular complexity index is 539. The van der Waals surface area contributed by atoms with Crippen LogP contribution in [0.5, 0.6) is 0 Å². The molecule has 5 atom stereocenters. The molecule has 0 aromatic heterocycles. The minimum atomic E-state index is -1.41. The lowest BCUT2D eigenvalue weighted by Gasteiger charge is -2.25. The molecule has 27 heavy (non-hydrogen) atoms. The molecule has 0 saturated heterocycles. The molecule has 11 heteroatoms. The van der Waals surface area contributed by atoms with Gasteiger partial charge in [-0.1, -0.05) is 13.8 Å². The summed E-state index contributed by atoms with van der Waals surface area (Å²) in [5.74, 6) is -3.59. The van der Waals surface area contributed by atoms with Gasteiger partial charge in [0, 0.05) is 0 Å². The Labute approximate surface area is 157 Å². The maximum absolute atomic E-state index is 12.3. The molecule has 0 spiro atoms. The van der Waals surface area contributed by atoms with Crippen molar-refractivity contribution in [2.45, 2.75) is 64.4 Å². The van der Waals surface area contributed by atoms with Crippen molar-refractivity contribution in [3.8, 4) is 0 Å². The molecule has 0 aliphatic heterocycles. The molecular weight excluding hydrogens is 360 g/mol. The second-order valence-corrected chi connectivity index (χ2v) is 6.78. The summed E-state index contributed by atoms with van der Waals surface area (Å²) >= 11 is 0. The third-order valence-electron chi connectivity index (χ3n) is 3.67. The molecule has 0 saturated carbocycles. The first kappa shape index (κ1) is 24.8. The van der Waals surface area contributed by atoms with Crippen molar-refractivity contribution in [2.24, 2.45) is 11.7 Å². The van der Waals surface area contributed by atoms with Crippen LogP contribution in [0.3, 0.4) is 0 Å². The maximum atomic E-state index is 12.3. The molecule has 0 bridgehead atoms. The summed E-state index contributed by atoms with van der Waals surface area (Å²) in [5, 5.41) is 34.5. The molecule has 11 nitrogen and oxygen atoms in total. The van der Waals surface area contributed by atoms with E-state index in [-0.39, 0.29) is 12.3 Å². The van der Waals surface area contributed by atoms with Crippen LogP contribution in [0.15, 0.2) is 0 Å². The Kier molecular flexibility index (Phi) is 10.5. The normalized spacial score (nSPS) is 16.6. The number of carbonyl (C=O) groups excluding carboxylic acids is 3. The number of rotatable bonds is 11. The highest BCUT2D eigenvalue weighted by molar-refractivity contribution is 5.94. The highest BCUT2D eigenvalue weighted by Crippen LogP contribution is 2.05.